The van der Waals surface area contributed by atoms with Crippen LogP contribution >= 0.6 is 0 Å². The molecule has 0 saturated carbocycles. The molecule has 9 nitrogen and oxygen atoms in total. The highest BCUT2D eigenvalue weighted by molar-refractivity contribution is 6.21. The summed E-state index contributed by atoms with van der Waals surface area (Å²) < 4.78 is 11.8. The summed E-state index contributed by atoms with van der Waals surface area (Å²) in [5.74, 6) is 1.29. The summed E-state index contributed by atoms with van der Waals surface area (Å²) in [6, 6.07) is 133. The van der Waals surface area contributed by atoms with Gasteiger partial charge in [0.05, 0.1) is 89.0 Å². The maximum atomic E-state index is 5.59. The third-order valence-electron chi connectivity index (χ3n) is 24.3. The van der Waals surface area contributed by atoms with Crippen molar-refractivity contribution in [3.05, 3.63) is 381 Å². The minimum absolute atomic E-state index is 0.120. The smallest absolute Gasteiger partial charge is 0.235 e. The van der Waals surface area contributed by atoms with Gasteiger partial charge in [-0.2, -0.15) is 0 Å². The van der Waals surface area contributed by atoms with E-state index in [9.17, 15) is 0 Å². The Morgan fingerprint density at radius 3 is 1.07 bits per heavy atom. The van der Waals surface area contributed by atoms with Crippen molar-refractivity contribution in [1.82, 2.24) is 42.8 Å². The predicted octanol–water partition coefficient (Wildman–Crippen LogP) is 26.7. The first-order chi connectivity index (χ1) is 56.3. The van der Waals surface area contributed by atoms with Crippen LogP contribution in [0, 0.1) is 0 Å². The largest absolute Gasteiger partial charge is 0.309 e. The molecule has 0 atom stereocenters. The maximum Gasteiger partial charge on any atom is 0.235 e. The van der Waals surface area contributed by atoms with E-state index in [2.05, 4.69) is 407 Å². The standard InChI is InChI=1S/C54H33N5.C51H34N4/c1-2-17-37(18-3-1)57-45-24-11-7-21-40(45)41-30-29-36(33-50(41)57)53-42-22-6-10-23-44(42)55-54(56-53)59-49-28-14-27-48(52(49)43-31-34-15-4-5-16-35(34)32-51(43)59)58-46-25-12-8-19-38(46)39-20-9-13-26-47(39)58;1-51(2)40-20-9-5-16-34(40)35-27-26-33(29-41(35)51)49-38-19-6-10-21-42(38)52-50(53-49)55-46-25-13-24-45(48(46)39-28-31-14-3-4-15-32(31)30-47(39)55)54-43-22-11-7-17-36(43)37-18-8-12-23-44(37)54/h1-33H;3-30H,1-2H3. The summed E-state index contributed by atoms with van der Waals surface area (Å²) in [7, 11) is 0. The number of benzene rings is 17. The number of fused-ring (bicyclic) bond motifs is 22. The lowest BCUT2D eigenvalue weighted by Crippen LogP contribution is -2.15. The monoisotopic (exact) mass is 1450 g/mol. The molecule has 7 heterocycles. The van der Waals surface area contributed by atoms with Gasteiger partial charge in [-0.1, -0.05) is 269 Å². The molecular formula is C105H67N9. The molecular weight excluding hydrogens is 1390 g/mol. The number of hydrogen-bond acceptors (Lipinski definition) is 4. The molecule has 0 aliphatic heterocycles. The molecule has 0 N–H and O–H groups in total. The van der Waals surface area contributed by atoms with Crippen LogP contribution in [0.4, 0.5) is 0 Å². The molecule has 0 saturated heterocycles. The quantitative estimate of drug-likeness (QED) is 0.159. The fourth-order valence-corrected chi connectivity index (χ4v) is 19.2. The van der Waals surface area contributed by atoms with E-state index in [0.717, 1.165) is 99.7 Å². The zero-order chi connectivity index (χ0) is 75.0. The maximum absolute atomic E-state index is 5.59. The van der Waals surface area contributed by atoms with E-state index < -0.39 is 0 Å². The van der Waals surface area contributed by atoms with Gasteiger partial charge >= 0.3 is 0 Å². The third kappa shape index (κ3) is 9.35. The summed E-state index contributed by atoms with van der Waals surface area (Å²) in [4.78, 5) is 21.9. The van der Waals surface area contributed by atoms with E-state index >= 15 is 0 Å². The van der Waals surface area contributed by atoms with Gasteiger partial charge in [-0.05, 0) is 159 Å². The highest BCUT2D eigenvalue weighted by atomic mass is 15.2. The molecule has 532 valence electrons. The molecule has 24 aromatic rings. The van der Waals surface area contributed by atoms with Gasteiger partial charge in [0.1, 0.15) is 0 Å². The Morgan fingerprint density at radius 1 is 0.219 bits per heavy atom. The molecule has 25 rings (SSSR count). The van der Waals surface area contributed by atoms with Crippen LogP contribution in [0.25, 0.3) is 215 Å². The van der Waals surface area contributed by atoms with Crippen LogP contribution < -0.4 is 0 Å². The zero-order valence-corrected chi connectivity index (χ0v) is 62.2. The van der Waals surface area contributed by atoms with Crippen molar-refractivity contribution in [2.75, 3.05) is 0 Å². The summed E-state index contributed by atoms with van der Waals surface area (Å²) in [6.07, 6.45) is 0. The van der Waals surface area contributed by atoms with Crippen LogP contribution in [0.5, 0.6) is 0 Å². The van der Waals surface area contributed by atoms with Gasteiger partial charge in [-0.3, -0.25) is 9.13 Å². The van der Waals surface area contributed by atoms with Gasteiger partial charge < -0.3 is 13.7 Å². The molecule has 0 radical (unpaired) electrons. The molecule has 0 fully saturated rings. The van der Waals surface area contributed by atoms with Crippen LogP contribution in [0.2, 0.25) is 0 Å². The molecule has 1 aliphatic rings. The van der Waals surface area contributed by atoms with Gasteiger partial charge in [-0.15, -0.1) is 0 Å². The predicted molar refractivity (Wildman–Crippen MR) is 474 cm³/mol. The summed E-state index contributed by atoms with van der Waals surface area (Å²) in [5, 5.41) is 18.8. The average molecular weight is 1450 g/mol. The van der Waals surface area contributed by atoms with E-state index in [1.807, 2.05) is 0 Å². The van der Waals surface area contributed by atoms with E-state index in [1.54, 1.807) is 0 Å². The first-order valence-electron chi connectivity index (χ1n) is 39.1. The Balaban J connectivity index is 0.000000132. The molecule has 0 bridgehead atoms. The molecule has 0 spiro atoms. The average Bonchev–Trinajstić information content (AvgIpc) is 1.56. The number of nitrogens with zero attached hydrogens (tertiary/aromatic N) is 9. The van der Waals surface area contributed by atoms with Gasteiger partial charge in [0.25, 0.3) is 0 Å². The highest BCUT2D eigenvalue weighted by Crippen LogP contribution is 2.51. The lowest BCUT2D eigenvalue weighted by molar-refractivity contribution is 0.660. The van der Waals surface area contributed by atoms with Crippen molar-refractivity contribution in [2.24, 2.45) is 0 Å². The molecule has 9 heteroatoms. The van der Waals surface area contributed by atoms with Crippen molar-refractivity contribution >= 4 is 152 Å². The van der Waals surface area contributed by atoms with Crippen LogP contribution in [0.1, 0.15) is 25.0 Å². The molecule has 114 heavy (non-hydrogen) atoms. The topological polar surface area (TPSA) is 76.2 Å². The summed E-state index contributed by atoms with van der Waals surface area (Å²) in [5.41, 5.74) is 25.6. The van der Waals surface area contributed by atoms with E-state index in [4.69, 9.17) is 19.9 Å². The normalized spacial score (nSPS) is 12.7. The van der Waals surface area contributed by atoms with Crippen LogP contribution in [0.3, 0.4) is 0 Å². The second-order valence-corrected chi connectivity index (χ2v) is 30.8. The molecule has 0 amide bonds. The molecule has 1 aliphatic carbocycles. The zero-order valence-electron chi connectivity index (χ0n) is 62.2. The summed E-state index contributed by atoms with van der Waals surface area (Å²) >= 11 is 0. The fourth-order valence-electron chi connectivity index (χ4n) is 19.2. The van der Waals surface area contributed by atoms with E-state index in [1.165, 1.54) is 114 Å². The van der Waals surface area contributed by atoms with Gasteiger partial charge in [0.2, 0.25) is 11.9 Å². The lowest BCUT2D eigenvalue weighted by Gasteiger charge is -2.22. The number of para-hydroxylation sites is 8. The van der Waals surface area contributed by atoms with Crippen molar-refractivity contribution < 1.29 is 0 Å². The lowest BCUT2D eigenvalue weighted by atomic mass is 9.82. The van der Waals surface area contributed by atoms with Crippen LogP contribution in [-0.2, 0) is 5.41 Å². The Kier molecular flexibility index (Phi) is 13.7. The molecule has 17 aromatic carbocycles. The van der Waals surface area contributed by atoms with Crippen molar-refractivity contribution in [3.8, 4) is 62.6 Å². The molecule has 7 aromatic heterocycles. The Hall–Kier alpha value is -15.1. The summed E-state index contributed by atoms with van der Waals surface area (Å²) in [6.45, 7) is 4.67. The second kappa shape index (κ2) is 24.5. The minimum atomic E-state index is -0.120. The SMILES string of the molecule is CC1(C)c2ccccc2-c2ccc(-c3nc(-n4c5cc6ccccc6cc5c5c(-n6c7ccccc7c7ccccc76)cccc54)nc4ccccc34)cc21.c1ccc(-n2c3ccccc3c3ccc(-c4nc(-n5c6cc7ccccc7cc6c6c(-n7c8ccccc8c8ccccc87)cccc65)nc5ccccc45)cc32)cc1. The fraction of sp³-hybridized carbons (Fsp3) is 0.0286. The van der Waals surface area contributed by atoms with Gasteiger partial charge in [-0.25, -0.2) is 19.9 Å². The number of aromatic nitrogens is 9. The van der Waals surface area contributed by atoms with Crippen molar-refractivity contribution in [2.45, 2.75) is 19.3 Å². The van der Waals surface area contributed by atoms with E-state index in [-0.39, 0.29) is 5.41 Å². The van der Waals surface area contributed by atoms with Gasteiger partial charge in [0, 0.05) is 86.9 Å². The van der Waals surface area contributed by atoms with Gasteiger partial charge in [0.15, 0.2) is 0 Å². The van der Waals surface area contributed by atoms with Crippen LogP contribution in [0.15, 0.2) is 370 Å². The molecule has 0 unspecified atom stereocenters. The second-order valence-electron chi connectivity index (χ2n) is 30.8. The highest BCUT2D eigenvalue weighted by Gasteiger charge is 2.36. The van der Waals surface area contributed by atoms with Crippen molar-refractivity contribution in [3.63, 3.8) is 0 Å². The first kappa shape index (κ1) is 63.8. The van der Waals surface area contributed by atoms with Crippen molar-refractivity contribution in [1.29, 1.82) is 0 Å². The first-order valence-corrected chi connectivity index (χ1v) is 39.1. The Bertz CT molecular complexity index is 8120. The third-order valence-corrected chi connectivity index (χ3v) is 24.3. The Morgan fingerprint density at radius 2 is 0.579 bits per heavy atom. The number of rotatable bonds is 7. The number of hydrogen-bond donors (Lipinski definition) is 0. The van der Waals surface area contributed by atoms with E-state index in [0.29, 0.717) is 11.9 Å². The minimum Gasteiger partial charge on any atom is -0.309 e. The van der Waals surface area contributed by atoms with Crippen LogP contribution in [-0.4, -0.2) is 42.8 Å². The Labute approximate surface area is 654 Å².